The van der Waals surface area contributed by atoms with Crippen LogP contribution in [0.25, 0.3) is 10.9 Å². The SMILES string of the molecule is CC(=O)C1CCC(c2ccc3c(cnn3C(C)C)c2)CC1. The second kappa shape index (κ2) is 5.63. The number of aromatic nitrogens is 2. The van der Waals surface area contributed by atoms with E-state index in [2.05, 4.69) is 41.8 Å². The molecule has 21 heavy (non-hydrogen) atoms. The summed E-state index contributed by atoms with van der Waals surface area (Å²) in [5.74, 6) is 1.27. The van der Waals surface area contributed by atoms with E-state index in [4.69, 9.17) is 0 Å². The first kappa shape index (κ1) is 14.3. The molecule has 0 unspecified atom stereocenters. The van der Waals surface area contributed by atoms with Gasteiger partial charge < -0.3 is 0 Å². The summed E-state index contributed by atoms with van der Waals surface area (Å²) in [6.07, 6.45) is 6.33. The Labute approximate surface area is 126 Å². The summed E-state index contributed by atoms with van der Waals surface area (Å²) < 4.78 is 2.08. The normalized spacial score (nSPS) is 22.9. The van der Waals surface area contributed by atoms with Crippen molar-refractivity contribution in [2.24, 2.45) is 5.92 Å². The van der Waals surface area contributed by atoms with E-state index in [1.54, 1.807) is 6.92 Å². The Bertz CT molecular complexity index is 648. The van der Waals surface area contributed by atoms with E-state index >= 15 is 0 Å². The van der Waals surface area contributed by atoms with Crippen LogP contribution in [0.5, 0.6) is 0 Å². The van der Waals surface area contributed by atoms with Gasteiger partial charge in [0.05, 0.1) is 11.7 Å². The van der Waals surface area contributed by atoms with E-state index in [0.29, 0.717) is 23.7 Å². The van der Waals surface area contributed by atoms with Gasteiger partial charge in [-0.1, -0.05) is 6.07 Å². The molecule has 0 radical (unpaired) electrons. The summed E-state index contributed by atoms with van der Waals surface area (Å²) in [7, 11) is 0. The van der Waals surface area contributed by atoms with Gasteiger partial charge >= 0.3 is 0 Å². The first-order valence-corrected chi connectivity index (χ1v) is 8.04. The van der Waals surface area contributed by atoms with Gasteiger partial charge in [0.25, 0.3) is 0 Å². The van der Waals surface area contributed by atoms with Crippen molar-refractivity contribution in [2.75, 3.05) is 0 Å². The van der Waals surface area contributed by atoms with Gasteiger partial charge in [0, 0.05) is 17.3 Å². The minimum absolute atomic E-state index is 0.300. The lowest BCUT2D eigenvalue weighted by molar-refractivity contribution is -0.121. The number of Topliss-reactive ketones (excluding diaryl/α,β-unsaturated/α-hetero) is 1. The van der Waals surface area contributed by atoms with Crippen LogP contribution in [0.2, 0.25) is 0 Å². The number of rotatable bonds is 3. The van der Waals surface area contributed by atoms with Crippen LogP contribution in [0.3, 0.4) is 0 Å². The summed E-state index contributed by atoms with van der Waals surface area (Å²) in [4.78, 5) is 11.5. The molecule has 3 nitrogen and oxygen atoms in total. The molecule has 0 saturated heterocycles. The number of nitrogens with zero attached hydrogens (tertiary/aromatic N) is 2. The highest BCUT2D eigenvalue weighted by Crippen LogP contribution is 2.37. The van der Waals surface area contributed by atoms with Crippen molar-refractivity contribution >= 4 is 16.7 Å². The zero-order valence-corrected chi connectivity index (χ0v) is 13.2. The lowest BCUT2D eigenvalue weighted by Crippen LogP contribution is -2.18. The molecule has 0 bridgehead atoms. The molecule has 1 aromatic heterocycles. The van der Waals surface area contributed by atoms with Gasteiger partial charge in [-0.15, -0.1) is 0 Å². The zero-order chi connectivity index (χ0) is 15.0. The van der Waals surface area contributed by atoms with E-state index < -0.39 is 0 Å². The predicted molar refractivity (Wildman–Crippen MR) is 85.5 cm³/mol. The fourth-order valence-corrected chi connectivity index (χ4v) is 3.57. The number of benzene rings is 1. The van der Waals surface area contributed by atoms with E-state index in [-0.39, 0.29) is 0 Å². The highest BCUT2D eigenvalue weighted by atomic mass is 16.1. The molecule has 0 aliphatic heterocycles. The van der Waals surface area contributed by atoms with Crippen molar-refractivity contribution in [3.63, 3.8) is 0 Å². The monoisotopic (exact) mass is 284 g/mol. The molecule has 2 aromatic rings. The summed E-state index contributed by atoms with van der Waals surface area (Å²) >= 11 is 0. The van der Waals surface area contributed by atoms with Crippen LogP contribution in [0.4, 0.5) is 0 Å². The Kier molecular flexibility index (Phi) is 3.83. The molecule has 1 aromatic carbocycles. The second-order valence-electron chi connectivity index (χ2n) is 6.66. The average Bonchev–Trinajstić information content (AvgIpc) is 2.90. The van der Waals surface area contributed by atoms with Crippen LogP contribution in [0, 0.1) is 5.92 Å². The van der Waals surface area contributed by atoms with Crippen LogP contribution in [0.1, 0.15) is 64.0 Å². The van der Waals surface area contributed by atoms with Crippen LogP contribution < -0.4 is 0 Å². The van der Waals surface area contributed by atoms with E-state index in [1.165, 1.54) is 16.5 Å². The van der Waals surface area contributed by atoms with Gasteiger partial charge in [-0.2, -0.15) is 5.10 Å². The number of fused-ring (bicyclic) bond motifs is 1. The fourth-order valence-electron chi connectivity index (χ4n) is 3.57. The van der Waals surface area contributed by atoms with Crippen molar-refractivity contribution in [3.8, 4) is 0 Å². The van der Waals surface area contributed by atoms with Crippen molar-refractivity contribution in [1.82, 2.24) is 9.78 Å². The van der Waals surface area contributed by atoms with Crippen LogP contribution >= 0.6 is 0 Å². The Morgan fingerprint density at radius 2 is 1.95 bits per heavy atom. The Hall–Kier alpha value is -1.64. The first-order chi connectivity index (χ1) is 10.1. The fraction of sp³-hybridized carbons (Fsp3) is 0.556. The molecule has 3 rings (SSSR count). The molecule has 0 spiro atoms. The number of hydrogen-bond donors (Lipinski definition) is 0. The summed E-state index contributed by atoms with van der Waals surface area (Å²) in [5.41, 5.74) is 2.62. The van der Waals surface area contributed by atoms with Crippen LogP contribution in [0.15, 0.2) is 24.4 Å². The maximum absolute atomic E-state index is 11.5. The predicted octanol–water partition coefficient (Wildman–Crippen LogP) is 4.48. The van der Waals surface area contributed by atoms with Gasteiger partial charge in [0.1, 0.15) is 5.78 Å². The third-order valence-corrected chi connectivity index (χ3v) is 4.88. The summed E-state index contributed by atoms with van der Waals surface area (Å²) in [5, 5.41) is 5.72. The zero-order valence-electron chi connectivity index (χ0n) is 13.2. The van der Waals surface area contributed by atoms with E-state index in [1.807, 2.05) is 6.20 Å². The van der Waals surface area contributed by atoms with Crippen molar-refractivity contribution in [2.45, 2.75) is 58.4 Å². The van der Waals surface area contributed by atoms with Crippen molar-refractivity contribution in [1.29, 1.82) is 0 Å². The van der Waals surface area contributed by atoms with Crippen LogP contribution in [-0.4, -0.2) is 15.6 Å². The number of carbonyl (C=O) groups excluding carboxylic acids is 1. The number of hydrogen-bond acceptors (Lipinski definition) is 2. The number of ketones is 1. The molecule has 1 aliphatic rings. The first-order valence-electron chi connectivity index (χ1n) is 8.04. The third kappa shape index (κ3) is 2.74. The molecule has 1 fully saturated rings. The molecule has 0 N–H and O–H groups in total. The van der Waals surface area contributed by atoms with Gasteiger partial charge in [0.2, 0.25) is 0 Å². The lowest BCUT2D eigenvalue weighted by Gasteiger charge is -2.27. The topological polar surface area (TPSA) is 34.9 Å². The Morgan fingerprint density at radius 1 is 1.24 bits per heavy atom. The maximum Gasteiger partial charge on any atom is 0.132 e. The molecule has 1 heterocycles. The van der Waals surface area contributed by atoms with Crippen molar-refractivity contribution in [3.05, 3.63) is 30.0 Å². The van der Waals surface area contributed by atoms with Gasteiger partial charge in [-0.3, -0.25) is 9.48 Å². The molecular formula is C18H24N2O. The van der Waals surface area contributed by atoms with Gasteiger partial charge in [0.15, 0.2) is 0 Å². The van der Waals surface area contributed by atoms with Crippen molar-refractivity contribution < 1.29 is 4.79 Å². The number of carbonyl (C=O) groups is 1. The highest BCUT2D eigenvalue weighted by Gasteiger charge is 2.25. The Balaban J connectivity index is 1.81. The lowest BCUT2D eigenvalue weighted by atomic mass is 9.77. The minimum Gasteiger partial charge on any atom is -0.300 e. The van der Waals surface area contributed by atoms with E-state index in [9.17, 15) is 4.79 Å². The summed E-state index contributed by atoms with van der Waals surface area (Å²) in [6, 6.07) is 7.13. The standard InChI is InChI=1S/C18H24N2O/c1-12(2)20-18-9-8-16(10-17(18)11-19-20)15-6-4-14(5-7-15)13(3)21/h8-12,14-15H,4-7H2,1-3H3. The molecule has 1 saturated carbocycles. The van der Waals surface area contributed by atoms with E-state index in [0.717, 1.165) is 25.7 Å². The maximum atomic E-state index is 11.5. The third-order valence-electron chi connectivity index (χ3n) is 4.88. The average molecular weight is 284 g/mol. The Morgan fingerprint density at radius 3 is 2.57 bits per heavy atom. The quantitative estimate of drug-likeness (QED) is 0.833. The van der Waals surface area contributed by atoms with Gasteiger partial charge in [-0.25, -0.2) is 0 Å². The van der Waals surface area contributed by atoms with Crippen LogP contribution in [-0.2, 0) is 4.79 Å². The summed E-state index contributed by atoms with van der Waals surface area (Å²) in [6.45, 7) is 6.05. The molecule has 112 valence electrons. The molecular weight excluding hydrogens is 260 g/mol. The molecule has 0 amide bonds. The largest absolute Gasteiger partial charge is 0.300 e. The second-order valence-corrected chi connectivity index (χ2v) is 6.66. The molecule has 3 heteroatoms. The minimum atomic E-state index is 0.300. The van der Waals surface area contributed by atoms with Gasteiger partial charge in [-0.05, 0) is 70.1 Å². The molecule has 0 atom stereocenters. The molecule has 1 aliphatic carbocycles. The smallest absolute Gasteiger partial charge is 0.132 e. The highest BCUT2D eigenvalue weighted by molar-refractivity contribution is 5.80.